The smallest absolute Gasteiger partial charge is 0.233 e. The molecule has 1 aliphatic heterocycles. The maximum atomic E-state index is 12.0. The van der Waals surface area contributed by atoms with Gasteiger partial charge in [-0.05, 0) is 13.3 Å². The van der Waals surface area contributed by atoms with Gasteiger partial charge in [-0.3, -0.25) is 9.59 Å². The lowest BCUT2D eigenvalue weighted by molar-refractivity contribution is -0.127. The van der Waals surface area contributed by atoms with Crippen LogP contribution in [-0.4, -0.2) is 35.4 Å². The normalized spacial score (nSPS) is 24.0. The van der Waals surface area contributed by atoms with Gasteiger partial charge in [0, 0.05) is 13.0 Å². The molecular formula is C10H18N4O3. The molecule has 0 radical (unpaired) electrons. The van der Waals surface area contributed by atoms with E-state index < -0.39 is 5.41 Å². The highest BCUT2D eigenvalue weighted by molar-refractivity contribution is 6.06. The summed E-state index contributed by atoms with van der Waals surface area (Å²) in [6, 6.07) is -0.229. The zero-order valence-electron chi connectivity index (χ0n) is 9.99. The summed E-state index contributed by atoms with van der Waals surface area (Å²) in [5.41, 5.74) is 4.47. The molecule has 1 rings (SSSR count). The number of hydrogen-bond acceptors (Lipinski definition) is 4. The summed E-state index contributed by atoms with van der Waals surface area (Å²) in [6.07, 6.45) is 0.671. The molecule has 1 fully saturated rings. The molecule has 0 aromatic carbocycles. The molecule has 0 bridgehead atoms. The lowest BCUT2D eigenvalue weighted by Gasteiger charge is -2.26. The highest BCUT2D eigenvalue weighted by Gasteiger charge is 2.38. The lowest BCUT2D eigenvalue weighted by Crippen LogP contribution is -2.50. The number of carbonyl (C=O) groups excluding carboxylic acids is 2. The van der Waals surface area contributed by atoms with Crippen molar-refractivity contribution in [3.63, 3.8) is 0 Å². The van der Waals surface area contributed by atoms with Crippen LogP contribution in [0.25, 0.3) is 0 Å². The molecule has 1 heterocycles. The van der Waals surface area contributed by atoms with Crippen LogP contribution in [0.15, 0.2) is 5.16 Å². The minimum atomic E-state index is -1.06. The summed E-state index contributed by atoms with van der Waals surface area (Å²) in [5.74, 6) is -0.552. The molecule has 0 saturated carbocycles. The van der Waals surface area contributed by atoms with Gasteiger partial charge < -0.3 is 21.6 Å². The topological polar surface area (TPSA) is 117 Å². The molecule has 0 spiro atoms. The number of nitrogens with two attached hydrogens (primary N) is 1. The number of amides is 2. The van der Waals surface area contributed by atoms with Crippen LogP contribution in [0, 0.1) is 5.41 Å². The van der Waals surface area contributed by atoms with E-state index in [4.69, 9.17) is 10.9 Å². The van der Waals surface area contributed by atoms with Crippen molar-refractivity contribution < 1.29 is 14.8 Å². The third-order valence-corrected chi connectivity index (χ3v) is 3.19. The van der Waals surface area contributed by atoms with Gasteiger partial charge in [-0.1, -0.05) is 12.1 Å². The second-order valence-corrected chi connectivity index (χ2v) is 4.35. The van der Waals surface area contributed by atoms with E-state index in [2.05, 4.69) is 15.8 Å². The molecular weight excluding hydrogens is 224 g/mol. The molecule has 0 aromatic rings. The van der Waals surface area contributed by atoms with E-state index in [0.29, 0.717) is 13.0 Å². The number of carbonyl (C=O) groups is 2. The Kier molecular flexibility index (Phi) is 3.93. The number of amidine groups is 1. The number of nitrogens with one attached hydrogen (secondary N) is 2. The van der Waals surface area contributed by atoms with Gasteiger partial charge in [0.2, 0.25) is 11.8 Å². The molecule has 1 aliphatic rings. The van der Waals surface area contributed by atoms with Crippen LogP contribution in [0.2, 0.25) is 0 Å². The molecule has 7 nitrogen and oxygen atoms in total. The van der Waals surface area contributed by atoms with E-state index in [-0.39, 0.29) is 30.1 Å². The predicted molar refractivity (Wildman–Crippen MR) is 61.4 cm³/mol. The van der Waals surface area contributed by atoms with Crippen molar-refractivity contribution in [2.75, 3.05) is 6.54 Å². The molecule has 17 heavy (non-hydrogen) atoms. The number of rotatable bonds is 4. The summed E-state index contributed by atoms with van der Waals surface area (Å²) in [5, 5.41) is 16.9. The van der Waals surface area contributed by atoms with Gasteiger partial charge >= 0.3 is 0 Å². The van der Waals surface area contributed by atoms with Crippen molar-refractivity contribution >= 4 is 17.6 Å². The average Bonchev–Trinajstić information content (AvgIpc) is 2.72. The molecule has 7 heteroatoms. The number of nitrogens with zero attached hydrogens (tertiary/aromatic N) is 1. The molecule has 1 saturated heterocycles. The van der Waals surface area contributed by atoms with Gasteiger partial charge in [-0.25, -0.2) is 0 Å². The first kappa shape index (κ1) is 13.3. The van der Waals surface area contributed by atoms with Gasteiger partial charge in [-0.2, -0.15) is 0 Å². The largest absolute Gasteiger partial charge is 0.409 e. The first-order valence-electron chi connectivity index (χ1n) is 5.49. The molecule has 2 unspecified atom stereocenters. The predicted octanol–water partition coefficient (Wildman–Crippen LogP) is -0.846. The van der Waals surface area contributed by atoms with Crippen molar-refractivity contribution in [2.24, 2.45) is 16.3 Å². The Hall–Kier alpha value is -1.79. The maximum absolute atomic E-state index is 12.0. The fourth-order valence-corrected chi connectivity index (χ4v) is 1.62. The Labute approximate surface area is 99.4 Å². The second-order valence-electron chi connectivity index (χ2n) is 4.35. The Morgan fingerprint density at radius 3 is 2.82 bits per heavy atom. The molecule has 0 aromatic heterocycles. The maximum Gasteiger partial charge on any atom is 0.233 e. The van der Waals surface area contributed by atoms with Crippen LogP contribution in [0.3, 0.4) is 0 Å². The summed E-state index contributed by atoms with van der Waals surface area (Å²) < 4.78 is 0. The first-order valence-corrected chi connectivity index (χ1v) is 5.49. The third kappa shape index (κ3) is 2.66. The Morgan fingerprint density at radius 2 is 2.41 bits per heavy atom. The van der Waals surface area contributed by atoms with Crippen LogP contribution < -0.4 is 16.4 Å². The van der Waals surface area contributed by atoms with E-state index in [1.54, 1.807) is 13.8 Å². The molecule has 0 aliphatic carbocycles. The zero-order chi connectivity index (χ0) is 13.1. The number of oxime groups is 1. The highest BCUT2D eigenvalue weighted by atomic mass is 16.4. The molecule has 2 atom stereocenters. The van der Waals surface area contributed by atoms with Gasteiger partial charge in [0.1, 0.15) is 5.41 Å². The third-order valence-electron chi connectivity index (χ3n) is 3.19. The van der Waals surface area contributed by atoms with Crippen LogP contribution >= 0.6 is 0 Å². The number of hydrogen-bond donors (Lipinski definition) is 4. The van der Waals surface area contributed by atoms with Gasteiger partial charge in [0.05, 0.1) is 6.04 Å². The lowest BCUT2D eigenvalue weighted by atomic mass is 9.85. The van der Waals surface area contributed by atoms with Crippen LogP contribution in [-0.2, 0) is 9.59 Å². The van der Waals surface area contributed by atoms with Gasteiger partial charge in [0.25, 0.3) is 0 Å². The van der Waals surface area contributed by atoms with E-state index in [1.807, 2.05) is 0 Å². The fourth-order valence-electron chi connectivity index (χ4n) is 1.62. The Morgan fingerprint density at radius 1 is 1.76 bits per heavy atom. The second kappa shape index (κ2) is 5.03. The van der Waals surface area contributed by atoms with E-state index in [0.717, 1.165) is 0 Å². The Bertz CT molecular complexity index is 355. The molecule has 5 N–H and O–H groups in total. The summed E-state index contributed by atoms with van der Waals surface area (Å²) in [7, 11) is 0. The van der Waals surface area contributed by atoms with E-state index in [1.165, 1.54) is 0 Å². The highest BCUT2D eigenvalue weighted by Crippen LogP contribution is 2.22. The van der Waals surface area contributed by atoms with Crippen molar-refractivity contribution in [1.82, 2.24) is 10.6 Å². The Balaban J connectivity index is 2.70. The van der Waals surface area contributed by atoms with Gasteiger partial charge in [-0.15, -0.1) is 0 Å². The summed E-state index contributed by atoms with van der Waals surface area (Å²) >= 11 is 0. The van der Waals surface area contributed by atoms with Crippen molar-refractivity contribution in [2.45, 2.75) is 32.7 Å². The summed E-state index contributed by atoms with van der Waals surface area (Å²) in [4.78, 5) is 23.0. The van der Waals surface area contributed by atoms with Crippen LogP contribution in [0.4, 0.5) is 0 Å². The minimum Gasteiger partial charge on any atom is -0.409 e. The minimum absolute atomic E-state index is 0.0858. The van der Waals surface area contributed by atoms with Crippen molar-refractivity contribution in [3.8, 4) is 0 Å². The van der Waals surface area contributed by atoms with E-state index >= 15 is 0 Å². The summed E-state index contributed by atoms with van der Waals surface area (Å²) in [6.45, 7) is 3.79. The standard InChI is InChI=1S/C10H18N4O3/c1-3-10(2,8(11)14-17)9(16)13-6-4-7(15)12-5-6/h6,17H,3-5H2,1-2H3,(H2,11,14)(H,12,15)(H,13,16). The van der Waals surface area contributed by atoms with Crippen molar-refractivity contribution in [1.29, 1.82) is 0 Å². The molecule has 96 valence electrons. The SMILES string of the molecule is CCC(C)(C(=O)NC1CNC(=O)C1)C(N)=NO. The van der Waals surface area contributed by atoms with Gasteiger partial charge in [0.15, 0.2) is 5.84 Å². The van der Waals surface area contributed by atoms with Crippen LogP contribution in [0.5, 0.6) is 0 Å². The zero-order valence-corrected chi connectivity index (χ0v) is 9.99. The van der Waals surface area contributed by atoms with Crippen LogP contribution in [0.1, 0.15) is 26.7 Å². The monoisotopic (exact) mass is 242 g/mol. The molecule has 2 amide bonds. The average molecular weight is 242 g/mol. The van der Waals surface area contributed by atoms with Crippen molar-refractivity contribution in [3.05, 3.63) is 0 Å². The fraction of sp³-hybridized carbons (Fsp3) is 0.700. The quantitative estimate of drug-likeness (QED) is 0.222. The van der Waals surface area contributed by atoms with E-state index in [9.17, 15) is 9.59 Å². The first-order chi connectivity index (χ1) is 7.93.